The Labute approximate surface area is 162 Å². The molecular weight excluding hydrogens is 338 g/mol. The lowest BCUT2D eigenvalue weighted by molar-refractivity contribution is 0.202. The third kappa shape index (κ3) is 5.65. The van der Waals surface area contributed by atoms with E-state index in [1.165, 1.54) is 18.4 Å². The van der Waals surface area contributed by atoms with Crippen molar-refractivity contribution in [2.24, 2.45) is 0 Å². The number of benzene rings is 1. The van der Waals surface area contributed by atoms with Gasteiger partial charge in [0.05, 0.1) is 13.2 Å². The van der Waals surface area contributed by atoms with Gasteiger partial charge in [0, 0.05) is 24.3 Å². The lowest BCUT2D eigenvalue weighted by Crippen LogP contribution is -2.33. The summed E-state index contributed by atoms with van der Waals surface area (Å²) in [5.74, 6) is 2.34. The molecule has 27 heavy (non-hydrogen) atoms. The molecule has 1 aliphatic heterocycles. The first-order valence-electron chi connectivity index (χ1n) is 9.86. The third-order valence-corrected chi connectivity index (χ3v) is 5.20. The SMILES string of the molecule is CCOc1ccccc1CN1CCC[C@@H](N(C)Cc2nccc(N)n2)CC1. The molecule has 6 heteroatoms. The average molecular weight is 370 g/mol. The molecule has 1 aromatic heterocycles. The lowest BCUT2D eigenvalue weighted by atomic mass is 10.1. The quantitative estimate of drug-likeness (QED) is 0.809. The maximum absolute atomic E-state index is 5.79. The highest BCUT2D eigenvalue weighted by atomic mass is 16.5. The van der Waals surface area contributed by atoms with E-state index in [4.69, 9.17) is 10.5 Å². The molecule has 0 saturated carbocycles. The molecule has 1 atom stereocenters. The minimum absolute atomic E-state index is 0.536. The van der Waals surface area contributed by atoms with Crippen LogP contribution in [0.2, 0.25) is 0 Å². The van der Waals surface area contributed by atoms with Crippen LogP contribution >= 0.6 is 0 Å². The third-order valence-electron chi connectivity index (χ3n) is 5.20. The average Bonchev–Trinajstić information content (AvgIpc) is 2.89. The minimum Gasteiger partial charge on any atom is -0.494 e. The van der Waals surface area contributed by atoms with Crippen molar-refractivity contribution < 1.29 is 4.74 Å². The number of anilines is 1. The molecule has 1 saturated heterocycles. The number of nitrogen functional groups attached to an aromatic ring is 1. The fourth-order valence-electron chi connectivity index (χ4n) is 3.75. The van der Waals surface area contributed by atoms with Crippen LogP contribution in [0.1, 0.15) is 37.6 Å². The Morgan fingerprint density at radius 1 is 1.22 bits per heavy atom. The number of aromatic nitrogens is 2. The minimum atomic E-state index is 0.536. The van der Waals surface area contributed by atoms with Gasteiger partial charge in [-0.25, -0.2) is 9.97 Å². The van der Waals surface area contributed by atoms with Crippen LogP contribution < -0.4 is 10.5 Å². The Balaban J connectivity index is 1.55. The van der Waals surface area contributed by atoms with E-state index >= 15 is 0 Å². The van der Waals surface area contributed by atoms with Gasteiger partial charge < -0.3 is 10.5 Å². The summed E-state index contributed by atoms with van der Waals surface area (Å²) in [5, 5.41) is 0. The van der Waals surface area contributed by atoms with Gasteiger partial charge in [0.15, 0.2) is 0 Å². The molecule has 0 bridgehead atoms. The number of ether oxygens (including phenoxy) is 1. The van der Waals surface area contributed by atoms with Crippen LogP contribution in [0.4, 0.5) is 5.82 Å². The van der Waals surface area contributed by atoms with E-state index in [0.717, 1.165) is 44.2 Å². The van der Waals surface area contributed by atoms with Gasteiger partial charge in [0.1, 0.15) is 17.4 Å². The van der Waals surface area contributed by atoms with Crippen LogP contribution in [0.15, 0.2) is 36.5 Å². The van der Waals surface area contributed by atoms with Crippen molar-refractivity contribution in [3.05, 3.63) is 47.9 Å². The molecular formula is C21H31N5O. The maximum Gasteiger partial charge on any atom is 0.144 e. The number of hydrogen-bond acceptors (Lipinski definition) is 6. The largest absolute Gasteiger partial charge is 0.494 e. The molecule has 0 radical (unpaired) electrons. The van der Waals surface area contributed by atoms with Gasteiger partial charge in [-0.15, -0.1) is 0 Å². The molecule has 1 aromatic carbocycles. The number of rotatable bonds is 7. The smallest absolute Gasteiger partial charge is 0.144 e. The highest BCUT2D eigenvalue weighted by Gasteiger charge is 2.21. The Kier molecular flexibility index (Phi) is 7.01. The molecule has 1 fully saturated rings. The Bertz CT molecular complexity index is 723. The van der Waals surface area contributed by atoms with Crippen molar-refractivity contribution in [3.63, 3.8) is 0 Å². The highest BCUT2D eigenvalue weighted by molar-refractivity contribution is 5.33. The molecule has 0 spiro atoms. The molecule has 0 amide bonds. The van der Waals surface area contributed by atoms with Crippen molar-refractivity contribution in [2.75, 3.05) is 32.5 Å². The second kappa shape index (κ2) is 9.67. The first-order valence-corrected chi connectivity index (χ1v) is 9.86. The predicted molar refractivity (Wildman–Crippen MR) is 108 cm³/mol. The van der Waals surface area contributed by atoms with Gasteiger partial charge in [0.25, 0.3) is 0 Å². The van der Waals surface area contributed by atoms with Crippen LogP contribution in [-0.2, 0) is 13.1 Å². The van der Waals surface area contributed by atoms with Crippen LogP contribution in [0.5, 0.6) is 5.75 Å². The molecule has 0 aliphatic carbocycles. The van der Waals surface area contributed by atoms with E-state index in [0.29, 0.717) is 18.5 Å². The first kappa shape index (κ1) is 19.6. The zero-order valence-electron chi connectivity index (χ0n) is 16.5. The first-order chi connectivity index (χ1) is 13.2. The molecule has 146 valence electrons. The fraction of sp³-hybridized carbons (Fsp3) is 0.524. The number of likely N-dealkylation sites (tertiary alicyclic amines) is 1. The van der Waals surface area contributed by atoms with E-state index in [-0.39, 0.29) is 0 Å². The van der Waals surface area contributed by atoms with Gasteiger partial charge in [-0.3, -0.25) is 9.80 Å². The van der Waals surface area contributed by atoms with Crippen LogP contribution in [-0.4, -0.2) is 52.6 Å². The molecule has 1 aliphatic rings. The fourth-order valence-corrected chi connectivity index (χ4v) is 3.75. The van der Waals surface area contributed by atoms with Crippen LogP contribution in [0.3, 0.4) is 0 Å². The van der Waals surface area contributed by atoms with Crippen molar-refractivity contribution >= 4 is 5.82 Å². The van der Waals surface area contributed by atoms with E-state index < -0.39 is 0 Å². The molecule has 0 unspecified atom stereocenters. The van der Waals surface area contributed by atoms with Gasteiger partial charge in [-0.1, -0.05) is 18.2 Å². The summed E-state index contributed by atoms with van der Waals surface area (Å²) in [4.78, 5) is 13.6. The standard InChI is InChI=1S/C21H31N5O/c1-3-27-19-9-5-4-7-17(19)15-26-13-6-8-18(11-14-26)25(2)16-21-23-12-10-20(22)24-21/h4-5,7,9-10,12,18H,3,6,8,11,13-16H2,1-2H3,(H2,22,23,24)/t18-/m1/s1. The second-order valence-electron chi connectivity index (χ2n) is 7.21. The van der Waals surface area contributed by atoms with Crippen molar-refractivity contribution in [2.45, 2.75) is 45.3 Å². The monoisotopic (exact) mass is 369 g/mol. The predicted octanol–water partition coefficient (Wildman–Crippen LogP) is 2.94. The topological polar surface area (TPSA) is 67.5 Å². The van der Waals surface area contributed by atoms with E-state index in [9.17, 15) is 0 Å². The summed E-state index contributed by atoms with van der Waals surface area (Å²) in [6.07, 6.45) is 5.28. The summed E-state index contributed by atoms with van der Waals surface area (Å²) in [6, 6.07) is 10.7. The normalized spacial score (nSPS) is 18.4. The zero-order valence-corrected chi connectivity index (χ0v) is 16.5. The van der Waals surface area contributed by atoms with Gasteiger partial charge in [-0.2, -0.15) is 0 Å². The summed E-state index contributed by atoms with van der Waals surface area (Å²) < 4.78 is 5.79. The van der Waals surface area contributed by atoms with E-state index in [1.807, 2.05) is 13.0 Å². The van der Waals surface area contributed by atoms with Gasteiger partial charge in [0.2, 0.25) is 0 Å². The summed E-state index contributed by atoms with van der Waals surface area (Å²) in [7, 11) is 2.16. The Hall–Kier alpha value is -2.18. The number of para-hydroxylation sites is 1. The highest BCUT2D eigenvalue weighted by Crippen LogP contribution is 2.23. The maximum atomic E-state index is 5.79. The number of nitrogens with two attached hydrogens (primary N) is 1. The number of hydrogen-bond donors (Lipinski definition) is 1. The molecule has 6 nitrogen and oxygen atoms in total. The molecule has 2 aromatic rings. The summed E-state index contributed by atoms with van der Waals surface area (Å²) in [5.41, 5.74) is 7.05. The zero-order chi connectivity index (χ0) is 19.1. The summed E-state index contributed by atoms with van der Waals surface area (Å²) >= 11 is 0. The van der Waals surface area contributed by atoms with Gasteiger partial charge >= 0.3 is 0 Å². The number of nitrogens with zero attached hydrogens (tertiary/aromatic N) is 4. The molecule has 2 heterocycles. The van der Waals surface area contributed by atoms with Crippen LogP contribution in [0.25, 0.3) is 0 Å². The molecule has 3 rings (SSSR count). The second-order valence-corrected chi connectivity index (χ2v) is 7.21. The van der Waals surface area contributed by atoms with Crippen molar-refractivity contribution in [1.29, 1.82) is 0 Å². The van der Waals surface area contributed by atoms with Crippen LogP contribution in [0, 0.1) is 0 Å². The van der Waals surface area contributed by atoms with E-state index in [2.05, 4.69) is 45.0 Å². The van der Waals surface area contributed by atoms with Crippen molar-refractivity contribution in [3.8, 4) is 5.75 Å². The Morgan fingerprint density at radius 3 is 2.89 bits per heavy atom. The molecule has 2 N–H and O–H groups in total. The Morgan fingerprint density at radius 2 is 2.07 bits per heavy atom. The van der Waals surface area contributed by atoms with Gasteiger partial charge in [-0.05, 0) is 58.5 Å². The van der Waals surface area contributed by atoms with E-state index in [1.54, 1.807) is 12.3 Å². The summed E-state index contributed by atoms with van der Waals surface area (Å²) in [6.45, 7) is 6.64. The lowest BCUT2D eigenvalue weighted by Gasteiger charge is -2.26. The van der Waals surface area contributed by atoms with Crippen molar-refractivity contribution in [1.82, 2.24) is 19.8 Å².